The highest BCUT2D eigenvalue weighted by atomic mass is 16.6. The van der Waals surface area contributed by atoms with E-state index in [1.807, 2.05) is 6.07 Å². The molecule has 0 aliphatic carbocycles. The summed E-state index contributed by atoms with van der Waals surface area (Å²) >= 11 is 0. The van der Waals surface area contributed by atoms with Gasteiger partial charge in [-0.2, -0.15) is 0 Å². The van der Waals surface area contributed by atoms with Crippen LogP contribution in [0, 0.1) is 24.0 Å². The molecule has 8 nitrogen and oxygen atoms in total. The standard InChI is InChI=1S/C18H17N5O3/c1-11-12(2)21-17(22-18(11)24)14-5-8-16(20-10-14)19-9-13-3-6-15(7-4-13)23(25)26/h3-8,10H,9H2,1-2H3,(H,19,20)(H,21,22,24). The Morgan fingerprint density at radius 1 is 1.15 bits per heavy atom. The summed E-state index contributed by atoms with van der Waals surface area (Å²) in [5, 5.41) is 13.8. The van der Waals surface area contributed by atoms with E-state index >= 15 is 0 Å². The van der Waals surface area contributed by atoms with Gasteiger partial charge in [0, 0.05) is 41.7 Å². The van der Waals surface area contributed by atoms with Crippen LogP contribution in [-0.2, 0) is 6.54 Å². The van der Waals surface area contributed by atoms with E-state index in [-0.39, 0.29) is 11.2 Å². The summed E-state index contributed by atoms with van der Waals surface area (Å²) in [6.45, 7) is 4.01. The Bertz CT molecular complexity index is 995. The first-order chi connectivity index (χ1) is 12.4. The lowest BCUT2D eigenvalue weighted by Crippen LogP contribution is -2.14. The molecule has 0 amide bonds. The minimum atomic E-state index is -0.428. The van der Waals surface area contributed by atoms with Crippen molar-refractivity contribution in [3.8, 4) is 11.4 Å². The fourth-order valence-corrected chi connectivity index (χ4v) is 2.35. The molecule has 0 unspecified atom stereocenters. The number of pyridine rings is 1. The highest BCUT2D eigenvalue weighted by molar-refractivity contribution is 5.56. The van der Waals surface area contributed by atoms with Crippen molar-refractivity contribution < 1.29 is 4.92 Å². The summed E-state index contributed by atoms with van der Waals surface area (Å²) in [4.78, 5) is 33.5. The van der Waals surface area contributed by atoms with Crippen LogP contribution in [0.1, 0.15) is 16.8 Å². The van der Waals surface area contributed by atoms with E-state index in [2.05, 4.69) is 20.3 Å². The molecule has 2 aromatic heterocycles. The molecule has 0 radical (unpaired) electrons. The van der Waals surface area contributed by atoms with Crippen LogP contribution in [0.25, 0.3) is 11.4 Å². The van der Waals surface area contributed by atoms with Gasteiger partial charge in [-0.3, -0.25) is 14.9 Å². The third-order valence-corrected chi connectivity index (χ3v) is 4.05. The van der Waals surface area contributed by atoms with Crippen LogP contribution >= 0.6 is 0 Å². The van der Waals surface area contributed by atoms with Crippen LogP contribution in [0.2, 0.25) is 0 Å². The number of hydrogen-bond donors (Lipinski definition) is 2. The number of aromatic nitrogens is 3. The molecule has 0 aliphatic rings. The quantitative estimate of drug-likeness (QED) is 0.539. The number of non-ortho nitro benzene ring substituents is 1. The van der Waals surface area contributed by atoms with Gasteiger partial charge < -0.3 is 10.3 Å². The molecule has 2 heterocycles. The normalized spacial score (nSPS) is 10.5. The molecule has 0 spiro atoms. The Kier molecular flexibility index (Phi) is 4.74. The second-order valence-electron chi connectivity index (χ2n) is 5.83. The van der Waals surface area contributed by atoms with Crippen LogP contribution in [0.5, 0.6) is 0 Å². The summed E-state index contributed by atoms with van der Waals surface area (Å²) in [5.74, 6) is 1.13. The molecule has 26 heavy (non-hydrogen) atoms. The van der Waals surface area contributed by atoms with Gasteiger partial charge in [0.2, 0.25) is 0 Å². The topological polar surface area (TPSA) is 114 Å². The molecule has 132 valence electrons. The molecule has 0 fully saturated rings. The fraction of sp³-hybridized carbons (Fsp3) is 0.167. The van der Waals surface area contributed by atoms with Crippen LogP contribution in [0.15, 0.2) is 47.4 Å². The molecule has 0 bridgehead atoms. The van der Waals surface area contributed by atoms with Crippen molar-refractivity contribution >= 4 is 11.5 Å². The van der Waals surface area contributed by atoms with Crippen molar-refractivity contribution in [2.24, 2.45) is 0 Å². The van der Waals surface area contributed by atoms with Crippen LogP contribution in [0.3, 0.4) is 0 Å². The third kappa shape index (κ3) is 3.75. The van der Waals surface area contributed by atoms with Gasteiger partial charge in [0.1, 0.15) is 11.6 Å². The molecule has 8 heteroatoms. The molecule has 0 saturated heterocycles. The number of hydrogen-bond acceptors (Lipinski definition) is 6. The first-order valence-corrected chi connectivity index (χ1v) is 7.95. The fourth-order valence-electron chi connectivity index (χ4n) is 2.35. The lowest BCUT2D eigenvalue weighted by atomic mass is 10.2. The van der Waals surface area contributed by atoms with Gasteiger partial charge in [0.15, 0.2) is 0 Å². The second kappa shape index (κ2) is 7.14. The lowest BCUT2D eigenvalue weighted by molar-refractivity contribution is -0.384. The van der Waals surface area contributed by atoms with E-state index in [0.717, 1.165) is 5.56 Å². The predicted molar refractivity (Wildman–Crippen MR) is 98.0 cm³/mol. The van der Waals surface area contributed by atoms with E-state index in [9.17, 15) is 14.9 Å². The summed E-state index contributed by atoms with van der Waals surface area (Å²) < 4.78 is 0. The van der Waals surface area contributed by atoms with Crippen molar-refractivity contribution in [3.05, 3.63) is 79.9 Å². The zero-order valence-electron chi connectivity index (χ0n) is 14.3. The molecular weight excluding hydrogens is 334 g/mol. The summed E-state index contributed by atoms with van der Waals surface area (Å²) in [5.41, 5.74) is 2.80. The lowest BCUT2D eigenvalue weighted by Gasteiger charge is -2.07. The molecule has 0 atom stereocenters. The number of nitrogens with zero attached hydrogens (tertiary/aromatic N) is 3. The van der Waals surface area contributed by atoms with Crippen LogP contribution < -0.4 is 10.9 Å². The smallest absolute Gasteiger partial charge is 0.269 e. The molecule has 3 aromatic rings. The first kappa shape index (κ1) is 17.3. The van der Waals surface area contributed by atoms with Crippen molar-refractivity contribution in [3.63, 3.8) is 0 Å². The first-order valence-electron chi connectivity index (χ1n) is 7.95. The number of anilines is 1. The predicted octanol–water partition coefficient (Wildman–Crippen LogP) is 2.97. The average Bonchev–Trinajstić information content (AvgIpc) is 2.65. The van der Waals surface area contributed by atoms with Crippen molar-refractivity contribution in [2.75, 3.05) is 5.32 Å². The van der Waals surface area contributed by atoms with Crippen molar-refractivity contribution in [2.45, 2.75) is 20.4 Å². The zero-order valence-corrected chi connectivity index (χ0v) is 14.3. The number of nitro benzene ring substituents is 1. The van der Waals surface area contributed by atoms with E-state index in [1.165, 1.54) is 12.1 Å². The third-order valence-electron chi connectivity index (χ3n) is 4.05. The van der Waals surface area contributed by atoms with Gasteiger partial charge in [-0.05, 0) is 31.5 Å². The largest absolute Gasteiger partial charge is 0.366 e. The molecule has 3 rings (SSSR count). The molecule has 1 aromatic carbocycles. The van der Waals surface area contributed by atoms with Gasteiger partial charge in [-0.1, -0.05) is 12.1 Å². The Hall–Kier alpha value is -3.55. The average molecular weight is 351 g/mol. The molecule has 0 saturated carbocycles. The van der Waals surface area contributed by atoms with E-state index in [1.54, 1.807) is 38.2 Å². The van der Waals surface area contributed by atoms with E-state index in [0.29, 0.717) is 35.0 Å². The minimum Gasteiger partial charge on any atom is -0.366 e. The maximum absolute atomic E-state index is 11.9. The number of nitrogens with one attached hydrogen (secondary N) is 2. The Labute approximate surface area is 149 Å². The highest BCUT2D eigenvalue weighted by Gasteiger charge is 2.07. The summed E-state index contributed by atoms with van der Waals surface area (Å²) in [6.07, 6.45) is 1.63. The van der Waals surface area contributed by atoms with Gasteiger partial charge in [0.25, 0.3) is 11.2 Å². The van der Waals surface area contributed by atoms with Gasteiger partial charge in [-0.25, -0.2) is 9.97 Å². The number of aryl methyl sites for hydroxylation is 1. The van der Waals surface area contributed by atoms with Crippen LogP contribution in [0.4, 0.5) is 11.5 Å². The highest BCUT2D eigenvalue weighted by Crippen LogP contribution is 2.17. The number of rotatable bonds is 5. The van der Waals surface area contributed by atoms with Crippen LogP contribution in [-0.4, -0.2) is 19.9 Å². The van der Waals surface area contributed by atoms with E-state index in [4.69, 9.17) is 0 Å². The maximum Gasteiger partial charge on any atom is 0.269 e. The minimum absolute atomic E-state index is 0.0612. The zero-order chi connectivity index (χ0) is 18.7. The maximum atomic E-state index is 11.9. The number of H-pyrrole nitrogens is 1. The molecule has 0 aliphatic heterocycles. The van der Waals surface area contributed by atoms with E-state index < -0.39 is 4.92 Å². The van der Waals surface area contributed by atoms with Crippen molar-refractivity contribution in [1.82, 2.24) is 15.0 Å². The van der Waals surface area contributed by atoms with Gasteiger partial charge >= 0.3 is 0 Å². The second-order valence-corrected chi connectivity index (χ2v) is 5.83. The van der Waals surface area contributed by atoms with Gasteiger partial charge in [-0.15, -0.1) is 0 Å². The molecular formula is C18H17N5O3. The monoisotopic (exact) mass is 351 g/mol. The summed E-state index contributed by atoms with van der Waals surface area (Å²) in [7, 11) is 0. The Balaban J connectivity index is 1.70. The molecule has 2 N–H and O–H groups in total. The summed E-state index contributed by atoms with van der Waals surface area (Å²) in [6, 6.07) is 9.94. The number of benzene rings is 1. The SMILES string of the molecule is Cc1nc(-c2ccc(NCc3ccc([N+](=O)[O-])cc3)nc2)[nH]c(=O)c1C. The Morgan fingerprint density at radius 2 is 1.88 bits per heavy atom. The van der Waals surface area contributed by atoms with Crippen molar-refractivity contribution in [1.29, 1.82) is 0 Å². The van der Waals surface area contributed by atoms with Gasteiger partial charge in [0.05, 0.1) is 4.92 Å². The Morgan fingerprint density at radius 3 is 2.46 bits per heavy atom. The number of nitro groups is 1. The number of aromatic amines is 1.